The normalized spacial score (nSPS) is 37.6. The Hall–Kier alpha value is -1.10. The van der Waals surface area contributed by atoms with E-state index in [1.807, 2.05) is 0 Å². The molecule has 0 spiro atoms. The van der Waals surface area contributed by atoms with Gasteiger partial charge in [0.05, 0.1) is 11.8 Å². The number of carbonyl (C=O) groups is 2. The van der Waals surface area contributed by atoms with E-state index < -0.39 is 11.9 Å². The quantitative estimate of drug-likeness (QED) is 0.728. The zero-order chi connectivity index (χ0) is 14.7. The number of carboxylic acid groups (broad SMARTS) is 1. The summed E-state index contributed by atoms with van der Waals surface area (Å²) in [7, 11) is 0. The minimum Gasteiger partial charge on any atom is -0.481 e. The van der Waals surface area contributed by atoms with E-state index in [9.17, 15) is 14.7 Å². The lowest BCUT2D eigenvalue weighted by atomic mass is 9.90. The van der Waals surface area contributed by atoms with Gasteiger partial charge in [-0.3, -0.25) is 9.59 Å². The summed E-state index contributed by atoms with van der Waals surface area (Å²) in [6, 6.07) is 0.434. The molecule has 0 aromatic heterocycles. The topological polar surface area (TPSA) is 92.4 Å². The van der Waals surface area contributed by atoms with Gasteiger partial charge in [0.25, 0.3) is 0 Å². The highest BCUT2D eigenvalue weighted by atomic mass is 16.4. The lowest BCUT2D eigenvalue weighted by Gasteiger charge is -2.28. The van der Waals surface area contributed by atoms with Gasteiger partial charge in [-0.2, -0.15) is 0 Å². The smallest absolute Gasteiger partial charge is 0.307 e. The SMILES string of the molecule is CCC1CC(C(=O)O)C(C(=O)NC2CCC(N)CC2)C1. The van der Waals surface area contributed by atoms with Gasteiger partial charge in [-0.05, 0) is 44.4 Å². The molecular formula is C15H26N2O3. The van der Waals surface area contributed by atoms with Crippen LogP contribution in [0.25, 0.3) is 0 Å². The Kier molecular flexibility index (Phi) is 5.02. The maximum atomic E-state index is 12.4. The molecule has 0 aromatic carbocycles. The maximum Gasteiger partial charge on any atom is 0.307 e. The number of aliphatic carboxylic acids is 1. The van der Waals surface area contributed by atoms with E-state index in [1.54, 1.807) is 0 Å². The van der Waals surface area contributed by atoms with E-state index in [-0.39, 0.29) is 23.9 Å². The standard InChI is InChI=1S/C15H26N2O3/c1-2-9-7-12(13(8-9)15(19)20)14(18)17-11-5-3-10(16)4-6-11/h9-13H,2-8,16H2,1H3,(H,17,18)(H,19,20). The second-order valence-electron chi connectivity index (χ2n) is 6.42. The van der Waals surface area contributed by atoms with Crippen LogP contribution in [0.15, 0.2) is 0 Å². The molecule has 3 atom stereocenters. The third-order valence-corrected chi connectivity index (χ3v) is 5.01. The van der Waals surface area contributed by atoms with Crippen LogP contribution in [0, 0.1) is 17.8 Å². The first-order chi connectivity index (χ1) is 9.51. The van der Waals surface area contributed by atoms with Crippen molar-refractivity contribution in [2.45, 2.75) is 64.0 Å². The average molecular weight is 282 g/mol. The lowest BCUT2D eigenvalue weighted by Crippen LogP contribution is -2.44. The molecule has 20 heavy (non-hydrogen) atoms. The van der Waals surface area contributed by atoms with Crippen molar-refractivity contribution in [1.29, 1.82) is 0 Å². The van der Waals surface area contributed by atoms with E-state index in [4.69, 9.17) is 5.73 Å². The molecule has 114 valence electrons. The predicted molar refractivity (Wildman–Crippen MR) is 76.0 cm³/mol. The number of amides is 1. The van der Waals surface area contributed by atoms with Crippen LogP contribution in [0.4, 0.5) is 0 Å². The first kappa shape index (κ1) is 15.3. The van der Waals surface area contributed by atoms with Crippen LogP contribution < -0.4 is 11.1 Å². The Labute approximate surface area is 120 Å². The molecule has 0 heterocycles. The molecule has 2 saturated carbocycles. The number of carboxylic acids is 1. The van der Waals surface area contributed by atoms with Crippen LogP contribution in [0.5, 0.6) is 0 Å². The molecule has 0 bridgehead atoms. The molecule has 5 heteroatoms. The van der Waals surface area contributed by atoms with Gasteiger partial charge in [-0.1, -0.05) is 13.3 Å². The zero-order valence-electron chi connectivity index (χ0n) is 12.2. The Balaban J connectivity index is 1.91. The number of hydrogen-bond acceptors (Lipinski definition) is 3. The Morgan fingerprint density at radius 3 is 2.30 bits per heavy atom. The molecule has 2 rings (SSSR count). The number of nitrogens with one attached hydrogen (secondary N) is 1. The molecule has 0 aromatic rings. The molecule has 1 amide bonds. The highest BCUT2D eigenvalue weighted by Gasteiger charge is 2.42. The molecule has 2 aliphatic rings. The largest absolute Gasteiger partial charge is 0.481 e. The third kappa shape index (κ3) is 3.51. The lowest BCUT2D eigenvalue weighted by molar-refractivity contribution is -0.146. The van der Waals surface area contributed by atoms with E-state index in [2.05, 4.69) is 12.2 Å². The van der Waals surface area contributed by atoms with E-state index in [0.717, 1.165) is 32.1 Å². The van der Waals surface area contributed by atoms with Crippen LogP contribution in [-0.4, -0.2) is 29.1 Å². The van der Waals surface area contributed by atoms with Crippen molar-refractivity contribution < 1.29 is 14.7 Å². The van der Waals surface area contributed by atoms with Crippen LogP contribution in [0.3, 0.4) is 0 Å². The summed E-state index contributed by atoms with van der Waals surface area (Å²) >= 11 is 0. The summed E-state index contributed by atoms with van der Waals surface area (Å²) in [5.41, 5.74) is 5.86. The fourth-order valence-corrected chi connectivity index (χ4v) is 3.61. The van der Waals surface area contributed by atoms with Gasteiger partial charge in [-0.25, -0.2) is 0 Å². The van der Waals surface area contributed by atoms with Crippen molar-refractivity contribution >= 4 is 11.9 Å². The first-order valence-electron chi connectivity index (χ1n) is 7.80. The summed E-state index contributed by atoms with van der Waals surface area (Å²) in [6.45, 7) is 2.06. The predicted octanol–water partition coefficient (Wildman–Crippen LogP) is 1.51. The second-order valence-corrected chi connectivity index (χ2v) is 6.42. The van der Waals surface area contributed by atoms with Crippen molar-refractivity contribution in [2.24, 2.45) is 23.5 Å². The minimum atomic E-state index is -0.827. The van der Waals surface area contributed by atoms with Crippen LogP contribution in [-0.2, 0) is 9.59 Å². The van der Waals surface area contributed by atoms with Crippen molar-refractivity contribution in [3.63, 3.8) is 0 Å². The van der Waals surface area contributed by atoms with Crippen molar-refractivity contribution in [2.75, 3.05) is 0 Å². The maximum absolute atomic E-state index is 12.4. The summed E-state index contributed by atoms with van der Waals surface area (Å²) < 4.78 is 0. The van der Waals surface area contributed by atoms with E-state index >= 15 is 0 Å². The molecule has 4 N–H and O–H groups in total. The molecular weight excluding hydrogens is 256 g/mol. The van der Waals surface area contributed by atoms with Crippen molar-refractivity contribution in [1.82, 2.24) is 5.32 Å². The Morgan fingerprint density at radius 2 is 1.75 bits per heavy atom. The number of rotatable bonds is 4. The Bertz CT molecular complexity index is 364. The molecule has 5 nitrogen and oxygen atoms in total. The zero-order valence-corrected chi connectivity index (χ0v) is 12.2. The second kappa shape index (κ2) is 6.57. The fraction of sp³-hybridized carbons (Fsp3) is 0.867. The molecule has 2 aliphatic carbocycles. The monoisotopic (exact) mass is 282 g/mol. The average Bonchev–Trinajstić information content (AvgIpc) is 2.86. The van der Waals surface area contributed by atoms with Crippen molar-refractivity contribution in [3.8, 4) is 0 Å². The molecule has 0 saturated heterocycles. The van der Waals surface area contributed by atoms with Gasteiger partial charge in [0.2, 0.25) is 5.91 Å². The summed E-state index contributed by atoms with van der Waals surface area (Å²) in [6.07, 6.45) is 6.01. The van der Waals surface area contributed by atoms with Crippen LogP contribution >= 0.6 is 0 Å². The van der Waals surface area contributed by atoms with Gasteiger partial charge in [0.15, 0.2) is 0 Å². The molecule has 0 radical (unpaired) electrons. The van der Waals surface area contributed by atoms with Gasteiger partial charge >= 0.3 is 5.97 Å². The van der Waals surface area contributed by atoms with Crippen molar-refractivity contribution in [3.05, 3.63) is 0 Å². The molecule has 0 aliphatic heterocycles. The summed E-state index contributed by atoms with van der Waals surface area (Å²) in [5.74, 6) is -1.38. The minimum absolute atomic E-state index is 0.0613. The summed E-state index contributed by atoms with van der Waals surface area (Å²) in [4.78, 5) is 23.7. The van der Waals surface area contributed by atoms with Crippen LogP contribution in [0.2, 0.25) is 0 Å². The molecule has 3 unspecified atom stereocenters. The Morgan fingerprint density at radius 1 is 1.15 bits per heavy atom. The van der Waals surface area contributed by atoms with Gasteiger partial charge in [0.1, 0.15) is 0 Å². The van der Waals surface area contributed by atoms with Gasteiger partial charge in [0, 0.05) is 12.1 Å². The third-order valence-electron chi connectivity index (χ3n) is 5.01. The number of carbonyl (C=O) groups excluding carboxylic acids is 1. The first-order valence-corrected chi connectivity index (χ1v) is 7.80. The highest BCUT2D eigenvalue weighted by molar-refractivity contribution is 5.85. The number of nitrogens with two attached hydrogens (primary N) is 1. The van der Waals surface area contributed by atoms with E-state index in [0.29, 0.717) is 18.8 Å². The summed E-state index contributed by atoms with van der Waals surface area (Å²) in [5, 5.41) is 12.3. The fourth-order valence-electron chi connectivity index (χ4n) is 3.61. The van der Waals surface area contributed by atoms with Gasteiger partial charge in [-0.15, -0.1) is 0 Å². The van der Waals surface area contributed by atoms with Gasteiger partial charge < -0.3 is 16.2 Å². The number of hydrogen-bond donors (Lipinski definition) is 3. The van der Waals surface area contributed by atoms with Crippen LogP contribution in [0.1, 0.15) is 51.9 Å². The van der Waals surface area contributed by atoms with E-state index in [1.165, 1.54) is 0 Å². The highest BCUT2D eigenvalue weighted by Crippen LogP contribution is 2.38. The molecule has 2 fully saturated rings.